The molecule has 2 heterocycles. The smallest absolute Gasteiger partial charge is 0.228 e. The van der Waals surface area contributed by atoms with Crippen molar-refractivity contribution in [1.29, 1.82) is 0 Å². The van der Waals surface area contributed by atoms with Gasteiger partial charge in [-0.1, -0.05) is 29.8 Å². The molecule has 1 amide bonds. The number of thiazole rings is 1. The highest BCUT2D eigenvalue weighted by molar-refractivity contribution is 7.13. The van der Waals surface area contributed by atoms with Crippen molar-refractivity contribution in [3.63, 3.8) is 0 Å². The molecule has 0 saturated heterocycles. The predicted molar refractivity (Wildman–Crippen MR) is 97.0 cm³/mol. The van der Waals surface area contributed by atoms with Gasteiger partial charge in [0, 0.05) is 30.2 Å². The first-order chi connectivity index (χ1) is 11.6. The zero-order valence-electron chi connectivity index (χ0n) is 13.1. The average molecular weight is 358 g/mol. The molecule has 3 aromatic rings. The van der Waals surface area contributed by atoms with Crippen LogP contribution in [0.3, 0.4) is 0 Å². The van der Waals surface area contributed by atoms with Gasteiger partial charge in [0.2, 0.25) is 5.91 Å². The van der Waals surface area contributed by atoms with Crippen molar-refractivity contribution in [2.24, 2.45) is 0 Å². The van der Waals surface area contributed by atoms with E-state index in [4.69, 9.17) is 11.6 Å². The van der Waals surface area contributed by atoms with Crippen LogP contribution in [0.4, 0.5) is 0 Å². The molecule has 0 spiro atoms. The molecule has 0 saturated carbocycles. The van der Waals surface area contributed by atoms with Crippen LogP contribution >= 0.6 is 22.9 Å². The minimum Gasteiger partial charge on any atom is -0.341 e. The molecule has 4 nitrogen and oxygen atoms in total. The van der Waals surface area contributed by atoms with Gasteiger partial charge in [-0.25, -0.2) is 4.98 Å². The Morgan fingerprint density at radius 2 is 2.12 bits per heavy atom. The molecule has 0 radical (unpaired) electrons. The summed E-state index contributed by atoms with van der Waals surface area (Å²) < 4.78 is 0. The number of benzene rings is 1. The summed E-state index contributed by atoms with van der Waals surface area (Å²) in [5.41, 5.74) is 2.60. The van der Waals surface area contributed by atoms with E-state index in [0.29, 0.717) is 11.6 Å². The molecule has 24 heavy (non-hydrogen) atoms. The maximum absolute atomic E-state index is 12.4. The third-order valence-electron chi connectivity index (χ3n) is 3.50. The van der Waals surface area contributed by atoms with E-state index in [1.165, 1.54) is 11.3 Å². The highest BCUT2D eigenvalue weighted by Crippen LogP contribution is 2.22. The summed E-state index contributed by atoms with van der Waals surface area (Å²) >= 11 is 7.48. The molecule has 0 aliphatic rings. The van der Waals surface area contributed by atoms with Gasteiger partial charge >= 0.3 is 0 Å². The molecule has 1 aromatic carbocycles. The first-order valence-electron chi connectivity index (χ1n) is 7.46. The zero-order chi connectivity index (χ0) is 16.9. The molecule has 0 unspecified atom stereocenters. The van der Waals surface area contributed by atoms with Crippen molar-refractivity contribution in [2.75, 3.05) is 7.05 Å². The Balaban J connectivity index is 1.63. The van der Waals surface area contributed by atoms with Crippen LogP contribution in [-0.4, -0.2) is 27.8 Å². The van der Waals surface area contributed by atoms with E-state index >= 15 is 0 Å². The van der Waals surface area contributed by atoms with Gasteiger partial charge in [-0.3, -0.25) is 9.78 Å². The van der Waals surface area contributed by atoms with Crippen LogP contribution in [0, 0.1) is 0 Å². The number of carbonyl (C=O) groups is 1. The lowest BCUT2D eigenvalue weighted by molar-refractivity contribution is -0.129. The number of hydrogen-bond donors (Lipinski definition) is 0. The van der Waals surface area contributed by atoms with E-state index in [1.807, 2.05) is 47.8 Å². The van der Waals surface area contributed by atoms with Crippen LogP contribution in [0.1, 0.15) is 11.3 Å². The van der Waals surface area contributed by atoms with Gasteiger partial charge in [0.15, 0.2) is 0 Å². The normalized spacial score (nSPS) is 10.6. The van der Waals surface area contributed by atoms with Crippen LogP contribution in [0.2, 0.25) is 5.02 Å². The van der Waals surface area contributed by atoms with E-state index in [9.17, 15) is 4.79 Å². The number of amides is 1. The van der Waals surface area contributed by atoms with Crippen molar-refractivity contribution >= 4 is 28.8 Å². The first-order valence-corrected chi connectivity index (χ1v) is 8.72. The highest BCUT2D eigenvalue weighted by Gasteiger charge is 2.13. The van der Waals surface area contributed by atoms with Gasteiger partial charge < -0.3 is 4.90 Å². The summed E-state index contributed by atoms with van der Waals surface area (Å²) in [6.07, 6.45) is 2.01. The summed E-state index contributed by atoms with van der Waals surface area (Å²) in [6.45, 7) is 0.524. The largest absolute Gasteiger partial charge is 0.341 e. The minimum absolute atomic E-state index is 0.0212. The van der Waals surface area contributed by atoms with Gasteiger partial charge in [0.25, 0.3) is 0 Å². The van der Waals surface area contributed by atoms with Crippen molar-refractivity contribution in [1.82, 2.24) is 14.9 Å². The number of pyridine rings is 1. The van der Waals surface area contributed by atoms with E-state index in [0.717, 1.165) is 22.0 Å². The number of aromatic nitrogens is 2. The Morgan fingerprint density at radius 1 is 1.25 bits per heavy atom. The van der Waals surface area contributed by atoms with Crippen molar-refractivity contribution in [3.8, 4) is 10.7 Å². The van der Waals surface area contributed by atoms with Gasteiger partial charge in [0.1, 0.15) is 5.01 Å². The topological polar surface area (TPSA) is 46.1 Å². The first kappa shape index (κ1) is 16.6. The third-order valence-corrected chi connectivity index (χ3v) is 4.65. The molecular weight excluding hydrogens is 342 g/mol. The molecule has 0 bridgehead atoms. The Morgan fingerprint density at radius 3 is 2.88 bits per heavy atom. The van der Waals surface area contributed by atoms with Crippen LogP contribution in [0.5, 0.6) is 0 Å². The lowest BCUT2D eigenvalue weighted by Crippen LogP contribution is -2.27. The molecule has 0 N–H and O–H groups in total. The molecule has 2 aromatic heterocycles. The fraction of sp³-hybridized carbons (Fsp3) is 0.167. The Kier molecular flexibility index (Phi) is 5.23. The number of carbonyl (C=O) groups excluding carboxylic acids is 1. The molecule has 3 rings (SSSR count). The Labute approximate surface area is 149 Å². The predicted octanol–water partition coefficient (Wildman–Crippen LogP) is 4.06. The SMILES string of the molecule is CN(Cc1cccc(Cl)c1)C(=O)Cc1csc(-c2ccccn2)n1. The second-order valence-electron chi connectivity index (χ2n) is 5.42. The molecule has 0 atom stereocenters. The fourth-order valence-electron chi connectivity index (χ4n) is 2.28. The van der Waals surface area contributed by atoms with Crippen LogP contribution in [-0.2, 0) is 17.8 Å². The van der Waals surface area contributed by atoms with E-state index in [1.54, 1.807) is 18.1 Å². The Bertz CT molecular complexity index is 835. The number of hydrogen-bond acceptors (Lipinski definition) is 4. The van der Waals surface area contributed by atoms with Crippen molar-refractivity contribution in [3.05, 3.63) is 70.3 Å². The number of rotatable bonds is 5. The van der Waals surface area contributed by atoms with E-state index in [-0.39, 0.29) is 12.3 Å². The van der Waals surface area contributed by atoms with Crippen molar-refractivity contribution in [2.45, 2.75) is 13.0 Å². The summed E-state index contributed by atoms with van der Waals surface area (Å²) in [5.74, 6) is 0.0212. The quantitative estimate of drug-likeness (QED) is 0.691. The summed E-state index contributed by atoms with van der Waals surface area (Å²) in [4.78, 5) is 22.9. The molecular formula is C18H16ClN3OS. The lowest BCUT2D eigenvalue weighted by Gasteiger charge is -2.16. The standard InChI is InChI=1S/C18H16ClN3OS/c1-22(11-13-5-4-6-14(19)9-13)17(23)10-15-12-24-18(21-15)16-7-2-3-8-20-16/h2-9,12H,10-11H2,1H3. The molecule has 122 valence electrons. The third kappa shape index (κ3) is 4.19. The van der Waals surface area contributed by atoms with Crippen LogP contribution < -0.4 is 0 Å². The zero-order valence-corrected chi connectivity index (χ0v) is 14.7. The van der Waals surface area contributed by atoms with E-state index < -0.39 is 0 Å². The van der Waals surface area contributed by atoms with Gasteiger partial charge in [-0.2, -0.15) is 0 Å². The molecule has 0 aliphatic heterocycles. The minimum atomic E-state index is 0.0212. The number of halogens is 1. The summed E-state index contributed by atoms with van der Waals surface area (Å²) in [5, 5.41) is 3.42. The maximum Gasteiger partial charge on any atom is 0.228 e. The van der Waals surface area contributed by atoms with Gasteiger partial charge in [0.05, 0.1) is 17.8 Å². The van der Waals surface area contributed by atoms with Gasteiger partial charge in [-0.15, -0.1) is 11.3 Å². The summed E-state index contributed by atoms with van der Waals surface area (Å²) in [7, 11) is 1.79. The second kappa shape index (κ2) is 7.55. The second-order valence-corrected chi connectivity index (χ2v) is 6.71. The lowest BCUT2D eigenvalue weighted by atomic mass is 10.2. The monoisotopic (exact) mass is 357 g/mol. The van der Waals surface area contributed by atoms with Crippen molar-refractivity contribution < 1.29 is 4.79 Å². The number of nitrogens with zero attached hydrogens (tertiary/aromatic N) is 3. The summed E-state index contributed by atoms with van der Waals surface area (Å²) in [6, 6.07) is 13.2. The molecule has 6 heteroatoms. The fourth-order valence-corrected chi connectivity index (χ4v) is 3.29. The highest BCUT2D eigenvalue weighted by atomic mass is 35.5. The Hall–Kier alpha value is -2.24. The molecule has 0 fully saturated rings. The van der Waals surface area contributed by atoms with Crippen LogP contribution in [0.25, 0.3) is 10.7 Å². The van der Waals surface area contributed by atoms with E-state index in [2.05, 4.69) is 9.97 Å². The number of likely N-dealkylation sites (N-methyl/N-ethyl adjacent to an activating group) is 1. The van der Waals surface area contributed by atoms with Gasteiger partial charge in [-0.05, 0) is 29.8 Å². The maximum atomic E-state index is 12.4. The average Bonchev–Trinajstić information content (AvgIpc) is 3.04. The molecule has 0 aliphatic carbocycles. The van der Waals surface area contributed by atoms with Crippen LogP contribution in [0.15, 0.2) is 54.0 Å².